The maximum Gasteiger partial charge on any atom is 0.416 e. The van der Waals surface area contributed by atoms with E-state index in [2.05, 4.69) is 10.1 Å². The van der Waals surface area contributed by atoms with Crippen molar-refractivity contribution < 1.29 is 18.4 Å². The Morgan fingerprint density at radius 2 is 2.14 bits per heavy atom. The van der Waals surface area contributed by atoms with Crippen LogP contribution in [0.25, 0.3) is 0 Å². The van der Waals surface area contributed by atoms with E-state index in [9.17, 15) is 13.2 Å². The van der Waals surface area contributed by atoms with Gasteiger partial charge >= 0.3 is 6.18 Å². The summed E-state index contributed by atoms with van der Waals surface area (Å²) in [5, 5.41) is 12.1. The van der Waals surface area contributed by atoms with Crippen molar-refractivity contribution in [1.82, 2.24) is 9.55 Å². The van der Waals surface area contributed by atoms with E-state index in [1.54, 1.807) is 24.0 Å². The number of amidine groups is 1. The Balaban J connectivity index is 2.48. The van der Waals surface area contributed by atoms with Gasteiger partial charge in [0.15, 0.2) is 11.0 Å². The number of nitrogens with two attached hydrogens (primary N) is 1. The van der Waals surface area contributed by atoms with Gasteiger partial charge in [0, 0.05) is 29.9 Å². The first-order chi connectivity index (χ1) is 9.82. The van der Waals surface area contributed by atoms with Crippen molar-refractivity contribution in [3.05, 3.63) is 41.7 Å². The van der Waals surface area contributed by atoms with Crippen molar-refractivity contribution >= 4 is 17.6 Å². The van der Waals surface area contributed by atoms with Crippen LogP contribution in [-0.2, 0) is 13.2 Å². The summed E-state index contributed by atoms with van der Waals surface area (Å²) in [6.07, 6.45) is -1.23. The van der Waals surface area contributed by atoms with Crippen molar-refractivity contribution in [2.45, 2.75) is 16.2 Å². The van der Waals surface area contributed by atoms with E-state index in [0.29, 0.717) is 10.1 Å². The first-order valence-electron chi connectivity index (χ1n) is 5.67. The summed E-state index contributed by atoms with van der Waals surface area (Å²) in [5.74, 6) is -0.391. The molecule has 0 fully saturated rings. The zero-order chi connectivity index (χ0) is 15.6. The molecule has 2 aromatic rings. The number of nitrogens with zero attached hydrogens (tertiary/aromatic N) is 3. The molecule has 0 amide bonds. The van der Waals surface area contributed by atoms with E-state index in [1.807, 2.05) is 0 Å². The van der Waals surface area contributed by atoms with E-state index < -0.39 is 17.6 Å². The fourth-order valence-electron chi connectivity index (χ4n) is 1.60. The number of halogens is 3. The molecule has 1 aromatic heterocycles. The molecule has 9 heteroatoms. The molecule has 21 heavy (non-hydrogen) atoms. The number of benzene rings is 1. The predicted molar refractivity (Wildman–Crippen MR) is 71.3 cm³/mol. The molecule has 0 aliphatic rings. The van der Waals surface area contributed by atoms with Gasteiger partial charge in [0.05, 0.1) is 5.56 Å². The summed E-state index contributed by atoms with van der Waals surface area (Å²) in [6, 6.07) is 3.06. The summed E-state index contributed by atoms with van der Waals surface area (Å²) < 4.78 is 39.9. The van der Waals surface area contributed by atoms with Crippen LogP contribution in [0.2, 0.25) is 0 Å². The lowest BCUT2D eigenvalue weighted by atomic mass is 10.1. The van der Waals surface area contributed by atoms with E-state index >= 15 is 0 Å². The highest BCUT2D eigenvalue weighted by Crippen LogP contribution is 2.35. The maximum atomic E-state index is 12.7. The fourth-order valence-corrected chi connectivity index (χ4v) is 2.52. The van der Waals surface area contributed by atoms with Crippen LogP contribution in [-0.4, -0.2) is 20.6 Å². The Kier molecular flexibility index (Phi) is 4.12. The van der Waals surface area contributed by atoms with Gasteiger partial charge in [-0.1, -0.05) is 16.9 Å². The van der Waals surface area contributed by atoms with E-state index in [1.165, 1.54) is 6.07 Å². The number of alkyl halides is 3. The van der Waals surface area contributed by atoms with Gasteiger partial charge in [0.2, 0.25) is 0 Å². The molecule has 0 spiro atoms. The lowest BCUT2D eigenvalue weighted by molar-refractivity contribution is -0.137. The molecule has 0 aliphatic carbocycles. The number of rotatable bonds is 3. The van der Waals surface area contributed by atoms with Gasteiger partial charge in [-0.2, -0.15) is 13.2 Å². The molecule has 1 aromatic carbocycles. The average Bonchev–Trinajstić information content (AvgIpc) is 2.82. The van der Waals surface area contributed by atoms with Crippen LogP contribution in [0.15, 0.2) is 45.8 Å². The van der Waals surface area contributed by atoms with Crippen LogP contribution in [0.4, 0.5) is 13.2 Å². The Morgan fingerprint density at radius 1 is 1.43 bits per heavy atom. The molecule has 0 unspecified atom stereocenters. The SMILES string of the molecule is Cn1ccnc1Sc1ccc(C(F)(F)F)cc1/C(N)=N/O. The third-order valence-electron chi connectivity index (χ3n) is 2.67. The van der Waals surface area contributed by atoms with Crippen molar-refractivity contribution in [1.29, 1.82) is 0 Å². The zero-order valence-electron chi connectivity index (χ0n) is 10.8. The number of aromatic nitrogens is 2. The summed E-state index contributed by atoms with van der Waals surface area (Å²) >= 11 is 1.12. The highest BCUT2D eigenvalue weighted by Gasteiger charge is 2.31. The molecular weight excluding hydrogens is 305 g/mol. The lowest BCUT2D eigenvalue weighted by Crippen LogP contribution is -2.16. The van der Waals surface area contributed by atoms with Crippen LogP contribution in [0.1, 0.15) is 11.1 Å². The van der Waals surface area contributed by atoms with Crippen molar-refractivity contribution in [2.24, 2.45) is 17.9 Å². The van der Waals surface area contributed by atoms with Crippen molar-refractivity contribution in [2.75, 3.05) is 0 Å². The number of oxime groups is 1. The van der Waals surface area contributed by atoms with Crippen molar-refractivity contribution in [3.63, 3.8) is 0 Å². The molecule has 5 nitrogen and oxygen atoms in total. The third kappa shape index (κ3) is 3.30. The second-order valence-electron chi connectivity index (χ2n) is 4.12. The van der Waals surface area contributed by atoms with E-state index in [-0.39, 0.29) is 5.56 Å². The smallest absolute Gasteiger partial charge is 0.409 e. The molecule has 0 bridgehead atoms. The molecule has 3 N–H and O–H groups in total. The molecule has 0 atom stereocenters. The van der Waals surface area contributed by atoms with E-state index in [0.717, 1.165) is 23.9 Å². The van der Waals surface area contributed by atoms with Gasteiger partial charge in [-0.05, 0) is 18.2 Å². The standard InChI is InChI=1S/C12H11F3N4OS/c1-19-5-4-17-11(19)21-9-3-2-7(12(13,14)15)6-8(9)10(16)18-20/h2-6,20H,1H3,(H2,16,18). The monoisotopic (exact) mass is 316 g/mol. The Bertz CT molecular complexity index is 681. The summed E-state index contributed by atoms with van der Waals surface area (Å²) in [7, 11) is 1.75. The fraction of sp³-hybridized carbons (Fsp3) is 0.167. The molecule has 2 rings (SSSR count). The first kappa shape index (κ1) is 15.2. The van der Waals surface area contributed by atoms with Crippen molar-refractivity contribution in [3.8, 4) is 0 Å². The van der Waals surface area contributed by atoms with Crippen LogP contribution < -0.4 is 5.73 Å². The van der Waals surface area contributed by atoms with Gasteiger partial charge in [-0.25, -0.2) is 4.98 Å². The Morgan fingerprint density at radius 3 is 2.67 bits per heavy atom. The van der Waals surface area contributed by atoms with Gasteiger partial charge < -0.3 is 15.5 Å². The topological polar surface area (TPSA) is 76.4 Å². The Labute approximate surface area is 122 Å². The average molecular weight is 316 g/mol. The van der Waals surface area contributed by atoms with Crippen LogP contribution in [0.5, 0.6) is 0 Å². The van der Waals surface area contributed by atoms with Gasteiger partial charge in [-0.15, -0.1) is 0 Å². The third-order valence-corrected chi connectivity index (χ3v) is 3.82. The minimum absolute atomic E-state index is 0.000301. The largest absolute Gasteiger partial charge is 0.416 e. The Hall–Kier alpha value is -2.16. The van der Waals surface area contributed by atoms with Crippen LogP contribution in [0.3, 0.4) is 0 Å². The second-order valence-corrected chi connectivity index (χ2v) is 5.13. The molecule has 0 radical (unpaired) electrons. The maximum absolute atomic E-state index is 12.7. The van der Waals surface area contributed by atoms with Crippen LogP contribution in [0, 0.1) is 0 Å². The highest BCUT2D eigenvalue weighted by molar-refractivity contribution is 7.99. The van der Waals surface area contributed by atoms with Crippen LogP contribution >= 0.6 is 11.8 Å². The van der Waals surface area contributed by atoms with Gasteiger partial charge in [0.1, 0.15) is 0 Å². The molecule has 0 saturated carbocycles. The molecule has 0 aliphatic heterocycles. The predicted octanol–water partition coefficient (Wildman–Crippen LogP) is 2.68. The summed E-state index contributed by atoms with van der Waals surface area (Å²) in [6.45, 7) is 0. The molecule has 1 heterocycles. The zero-order valence-corrected chi connectivity index (χ0v) is 11.6. The minimum atomic E-state index is -4.50. The number of imidazole rings is 1. The minimum Gasteiger partial charge on any atom is -0.409 e. The highest BCUT2D eigenvalue weighted by atomic mass is 32.2. The number of hydrogen-bond donors (Lipinski definition) is 2. The number of aryl methyl sites for hydroxylation is 1. The number of hydrogen-bond acceptors (Lipinski definition) is 4. The van der Waals surface area contributed by atoms with Gasteiger partial charge in [0.25, 0.3) is 0 Å². The lowest BCUT2D eigenvalue weighted by Gasteiger charge is -2.12. The molecular formula is C12H11F3N4OS. The first-order valence-corrected chi connectivity index (χ1v) is 6.49. The quantitative estimate of drug-likeness (QED) is 0.395. The summed E-state index contributed by atoms with van der Waals surface area (Å²) in [4.78, 5) is 4.48. The van der Waals surface area contributed by atoms with Gasteiger partial charge in [-0.3, -0.25) is 0 Å². The molecule has 112 valence electrons. The molecule has 0 saturated heterocycles. The second kappa shape index (κ2) is 5.68. The van der Waals surface area contributed by atoms with E-state index in [4.69, 9.17) is 10.9 Å². The normalized spacial score (nSPS) is 12.7. The summed E-state index contributed by atoms with van der Waals surface area (Å²) in [5.41, 5.74) is 4.60.